The normalized spacial score (nSPS) is 14.4. The molecule has 1 aromatic heterocycles. The SMILES string of the molecule is N#Cc1ccccc1Nc1cc(C(=O)NCCN2CCOCC2)ccn1. The molecule has 0 saturated carbocycles. The van der Waals surface area contributed by atoms with Gasteiger partial charge in [-0.2, -0.15) is 5.26 Å². The molecule has 2 heterocycles. The Morgan fingerprint density at radius 1 is 1.27 bits per heavy atom. The zero-order valence-corrected chi connectivity index (χ0v) is 14.4. The van der Waals surface area contributed by atoms with Gasteiger partial charge in [-0.1, -0.05) is 12.1 Å². The van der Waals surface area contributed by atoms with Crippen molar-refractivity contribution in [2.24, 2.45) is 0 Å². The average Bonchev–Trinajstić information content (AvgIpc) is 2.69. The second-order valence-electron chi connectivity index (χ2n) is 5.92. The molecule has 1 aliphatic heterocycles. The number of ether oxygens (including phenoxy) is 1. The maximum atomic E-state index is 12.4. The van der Waals surface area contributed by atoms with Crippen molar-refractivity contribution in [1.29, 1.82) is 5.26 Å². The zero-order valence-electron chi connectivity index (χ0n) is 14.4. The monoisotopic (exact) mass is 351 g/mol. The number of anilines is 2. The molecule has 0 atom stereocenters. The van der Waals surface area contributed by atoms with E-state index < -0.39 is 0 Å². The van der Waals surface area contributed by atoms with Crippen LogP contribution in [0.4, 0.5) is 11.5 Å². The van der Waals surface area contributed by atoms with Crippen molar-refractivity contribution in [3.8, 4) is 6.07 Å². The fourth-order valence-electron chi connectivity index (χ4n) is 2.72. The average molecular weight is 351 g/mol. The number of amides is 1. The summed E-state index contributed by atoms with van der Waals surface area (Å²) in [6, 6.07) is 12.6. The number of para-hydroxylation sites is 1. The predicted molar refractivity (Wildman–Crippen MR) is 98.3 cm³/mol. The lowest BCUT2D eigenvalue weighted by molar-refractivity contribution is 0.0383. The zero-order chi connectivity index (χ0) is 18.2. The number of carbonyl (C=O) groups excluding carboxylic acids is 1. The lowest BCUT2D eigenvalue weighted by atomic mass is 10.2. The maximum absolute atomic E-state index is 12.4. The Bertz CT molecular complexity index is 797. The van der Waals surface area contributed by atoms with Gasteiger partial charge in [-0.3, -0.25) is 9.69 Å². The number of nitrogens with zero attached hydrogens (tertiary/aromatic N) is 3. The molecule has 1 aromatic carbocycles. The summed E-state index contributed by atoms with van der Waals surface area (Å²) in [4.78, 5) is 18.8. The van der Waals surface area contributed by atoms with Crippen LogP contribution >= 0.6 is 0 Å². The smallest absolute Gasteiger partial charge is 0.251 e. The summed E-state index contributed by atoms with van der Waals surface area (Å²) in [5.41, 5.74) is 1.71. The number of carbonyl (C=O) groups is 1. The molecular formula is C19H21N5O2. The first-order valence-electron chi connectivity index (χ1n) is 8.57. The number of morpholine rings is 1. The molecule has 1 aliphatic rings. The summed E-state index contributed by atoms with van der Waals surface area (Å²) < 4.78 is 5.31. The van der Waals surface area contributed by atoms with E-state index in [1.54, 1.807) is 36.5 Å². The van der Waals surface area contributed by atoms with Gasteiger partial charge in [0.15, 0.2) is 0 Å². The number of aromatic nitrogens is 1. The van der Waals surface area contributed by atoms with Crippen molar-refractivity contribution in [2.45, 2.75) is 0 Å². The molecule has 2 aromatic rings. The van der Waals surface area contributed by atoms with E-state index in [1.165, 1.54) is 0 Å². The summed E-state index contributed by atoms with van der Waals surface area (Å²) in [7, 11) is 0. The van der Waals surface area contributed by atoms with E-state index in [0.717, 1.165) is 32.8 Å². The highest BCUT2D eigenvalue weighted by atomic mass is 16.5. The molecule has 7 nitrogen and oxygen atoms in total. The summed E-state index contributed by atoms with van der Waals surface area (Å²) in [6.45, 7) is 4.69. The van der Waals surface area contributed by atoms with Crippen molar-refractivity contribution >= 4 is 17.4 Å². The Morgan fingerprint density at radius 3 is 2.88 bits per heavy atom. The maximum Gasteiger partial charge on any atom is 0.251 e. The molecule has 1 saturated heterocycles. The summed E-state index contributed by atoms with van der Waals surface area (Å²) in [5, 5.41) is 15.2. The highest BCUT2D eigenvalue weighted by Crippen LogP contribution is 2.19. The number of hydrogen-bond donors (Lipinski definition) is 2. The van der Waals surface area contributed by atoms with Crippen molar-refractivity contribution in [3.05, 3.63) is 53.7 Å². The molecule has 3 rings (SSSR count). The second-order valence-corrected chi connectivity index (χ2v) is 5.92. The number of rotatable bonds is 6. The largest absolute Gasteiger partial charge is 0.379 e. The van der Waals surface area contributed by atoms with Crippen LogP contribution < -0.4 is 10.6 Å². The van der Waals surface area contributed by atoms with Crippen LogP contribution in [-0.2, 0) is 4.74 Å². The molecule has 1 amide bonds. The van der Waals surface area contributed by atoms with Gasteiger partial charge >= 0.3 is 0 Å². The van der Waals surface area contributed by atoms with Crippen LogP contribution in [0.2, 0.25) is 0 Å². The lowest BCUT2D eigenvalue weighted by Crippen LogP contribution is -2.41. The number of pyridine rings is 1. The van der Waals surface area contributed by atoms with Crippen LogP contribution in [0.3, 0.4) is 0 Å². The molecule has 0 unspecified atom stereocenters. The van der Waals surface area contributed by atoms with Gasteiger partial charge in [0.2, 0.25) is 0 Å². The molecule has 134 valence electrons. The van der Waals surface area contributed by atoms with E-state index in [0.29, 0.717) is 29.2 Å². The topological polar surface area (TPSA) is 90.3 Å². The number of nitriles is 1. The Kier molecular flexibility index (Phi) is 6.14. The number of hydrogen-bond acceptors (Lipinski definition) is 6. The molecule has 26 heavy (non-hydrogen) atoms. The third-order valence-corrected chi connectivity index (χ3v) is 4.15. The van der Waals surface area contributed by atoms with E-state index in [1.807, 2.05) is 6.07 Å². The van der Waals surface area contributed by atoms with Gasteiger partial charge in [-0.25, -0.2) is 4.98 Å². The summed E-state index contributed by atoms with van der Waals surface area (Å²) in [6.07, 6.45) is 1.58. The van der Waals surface area contributed by atoms with Crippen molar-refractivity contribution in [1.82, 2.24) is 15.2 Å². The van der Waals surface area contributed by atoms with Crippen molar-refractivity contribution in [2.75, 3.05) is 44.7 Å². The van der Waals surface area contributed by atoms with Gasteiger partial charge in [0.25, 0.3) is 5.91 Å². The predicted octanol–water partition coefficient (Wildman–Crippen LogP) is 1.76. The molecule has 0 spiro atoms. The van der Waals surface area contributed by atoms with Crippen LogP contribution in [-0.4, -0.2) is 55.2 Å². The molecule has 7 heteroatoms. The minimum absolute atomic E-state index is 0.141. The molecule has 2 N–H and O–H groups in total. The van der Waals surface area contributed by atoms with Crippen LogP contribution in [0.1, 0.15) is 15.9 Å². The first-order valence-corrected chi connectivity index (χ1v) is 8.57. The van der Waals surface area contributed by atoms with Gasteiger partial charge in [-0.05, 0) is 24.3 Å². The summed E-state index contributed by atoms with van der Waals surface area (Å²) in [5.74, 6) is 0.380. The van der Waals surface area contributed by atoms with Crippen molar-refractivity contribution < 1.29 is 9.53 Å². The number of benzene rings is 1. The van der Waals surface area contributed by atoms with Gasteiger partial charge in [0, 0.05) is 37.9 Å². The van der Waals surface area contributed by atoms with E-state index in [4.69, 9.17) is 10.00 Å². The third kappa shape index (κ3) is 4.79. The van der Waals surface area contributed by atoms with Crippen LogP contribution in [0.25, 0.3) is 0 Å². The molecule has 1 fully saturated rings. The first kappa shape index (κ1) is 17.9. The highest BCUT2D eigenvalue weighted by Gasteiger charge is 2.11. The highest BCUT2D eigenvalue weighted by molar-refractivity contribution is 5.94. The molecular weight excluding hydrogens is 330 g/mol. The van der Waals surface area contributed by atoms with Crippen molar-refractivity contribution in [3.63, 3.8) is 0 Å². The van der Waals surface area contributed by atoms with Gasteiger partial charge in [0.05, 0.1) is 24.5 Å². The lowest BCUT2D eigenvalue weighted by Gasteiger charge is -2.26. The molecule has 0 radical (unpaired) electrons. The van der Waals surface area contributed by atoms with Gasteiger partial charge in [0.1, 0.15) is 11.9 Å². The minimum Gasteiger partial charge on any atom is -0.379 e. The Hall–Kier alpha value is -2.95. The fourth-order valence-corrected chi connectivity index (χ4v) is 2.72. The Morgan fingerprint density at radius 2 is 2.08 bits per heavy atom. The number of nitrogens with one attached hydrogen (secondary N) is 2. The van der Waals surface area contributed by atoms with Crippen LogP contribution in [0.15, 0.2) is 42.6 Å². The standard InChI is InChI=1S/C19H21N5O2/c20-14-16-3-1-2-4-17(16)23-18-13-15(5-6-21-18)19(25)22-7-8-24-9-11-26-12-10-24/h1-6,13H,7-12H2,(H,21,23)(H,22,25). The van der Waals surface area contributed by atoms with Crippen LogP contribution in [0, 0.1) is 11.3 Å². The van der Waals surface area contributed by atoms with Crippen LogP contribution in [0.5, 0.6) is 0 Å². The first-order chi connectivity index (χ1) is 12.8. The van der Waals surface area contributed by atoms with E-state index >= 15 is 0 Å². The summed E-state index contributed by atoms with van der Waals surface area (Å²) >= 11 is 0. The Labute approximate surface area is 152 Å². The van der Waals surface area contributed by atoms with Gasteiger partial charge < -0.3 is 15.4 Å². The van der Waals surface area contributed by atoms with E-state index in [-0.39, 0.29) is 5.91 Å². The third-order valence-electron chi connectivity index (χ3n) is 4.15. The van der Waals surface area contributed by atoms with E-state index in [9.17, 15) is 4.79 Å². The Balaban J connectivity index is 1.57. The minimum atomic E-state index is -0.141. The molecule has 0 aliphatic carbocycles. The fraction of sp³-hybridized carbons (Fsp3) is 0.316. The molecule has 0 bridgehead atoms. The second kappa shape index (κ2) is 8.94. The van der Waals surface area contributed by atoms with E-state index in [2.05, 4.69) is 26.6 Å². The quantitative estimate of drug-likeness (QED) is 0.824. The van der Waals surface area contributed by atoms with Gasteiger partial charge in [-0.15, -0.1) is 0 Å².